The molecule has 0 heterocycles. The summed E-state index contributed by atoms with van der Waals surface area (Å²) in [5, 5.41) is 2.68. The van der Waals surface area contributed by atoms with E-state index in [-0.39, 0.29) is 51.4 Å². The minimum atomic E-state index is -4.52. The maximum Gasteiger partial charge on any atom is 1.00 e. The number of thioether (sulfide) groups is 1. The number of anilines is 1. The molecule has 0 aliphatic rings. The van der Waals surface area contributed by atoms with Gasteiger partial charge >= 0.3 is 29.6 Å². The molecule has 0 aromatic heterocycles. The molecule has 0 fully saturated rings. The van der Waals surface area contributed by atoms with Crippen LogP contribution in [0.25, 0.3) is 0 Å². The Hall–Kier alpha value is -1.16. The Kier molecular flexibility index (Phi) is 11.2. The predicted molar refractivity (Wildman–Crippen MR) is 109 cm³/mol. The Morgan fingerprint density at radius 2 is 1.69 bits per heavy atom. The number of hydrogen-bond donors (Lipinski definition) is 1. The average molecular weight is 444 g/mol. The first-order valence-electron chi connectivity index (χ1n) is 8.80. The second-order valence-electron chi connectivity index (χ2n) is 6.35. The van der Waals surface area contributed by atoms with E-state index in [0.717, 1.165) is 36.7 Å². The first-order chi connectivity index (χ1) is 13.3. The van der Waals surface area contributed by atoms with Gasteiger partial charge in [0, 0.05) is 24.3 Å². The quantitative estimate of drug-likeness (QED) is 0.446. The van der Waals surface area contributed by atoms with E-state index in [1.807, 2.05) is 30.3 Å². The molecule has 0 spiro atoms. The molecule has 29 heavy (non-hydrogen) atoms. The van der Waals surface area contributed by atoms with Crippen molar-refractivity contribution in [1.82, 2.24) is 0 Å². The van der Waals surface area contributed by atoms with Crippen molar-refractivity contribution in [2.24, 2.45) is 5.92 Å². The van der Waals surface area contributed by atoms with Crippen LogP contribution in [-0.2, 0) is 26.1 Å². The van der Waals surface area contributed by atoms with E-state index < -0.39 is 10.1 Å². The summed E-state index contributed by atoms with van der Waals surface area (Å²) in [4.78, 5) is 23.6. The van der Waals surface area contributed by atoms with Crippen LogP contribution in [0.5, 0.6) is 0 Å². The minimum absolute atomic E-state index is 0. The molecule has 150 valence electrons. The van der Waals surface area contributed by atoms with Gasteiger partial charge in [0.1, 0.15) is 10.1 Å². The summed E-state index contributed by atoms with van der Waals surface area (Å²) in [7, 11) is -4.52. The van der Waals surface area contributed by atoms with Gasteiger partial charge in [0.15, 0.2) is 5.12 Å². The number of amides is 1. The van der Waals surface area contributed by atoms with Gasteiger partial charge in [-0.1, -0.05) is 42.1 Å². The molecule has 1 N–H and O–H groups in total. The van der Waals surface area contributed by atoms with E-state index in [1.165, 1.54) is 24.6 Å². The molecule has 2 aromatic carbocycles. The van der Waals surface area contributed by atoms with Crippen LogP contribution in [0.3, 0.4) is 0 Å². The smallest absolute Gasteiger partial charge is 0.744 e. The Balaban J connectivity index is 0.00000420. The molecule has 2 rings (SSSR count). The van der Waals surface area contributed by atoms with E-state index in [4.69, 9.17) is 0 Å². The van der Waals surface area contributed by atoms with Crippen molar-refractivity contribution in [2.75, 3.05) is 11.1 Å². The number of rotatable bonds is 9. The zero-order valence-corrected chi connectivity index (χ0v) is 20.1. The molecule has 1 unspecified atom stereocenters. The number of carbonyl (C=O) groups excluding carboxylic acids is 2. The van der Waals surface area contributed by atoms with Crippen LogP contribution in [-0.4, -0.2) is 29.7 Å². The van der Waals surface area contributed by atoms with E-state index in [2.05, 4.69) is 5.32 Å². The van der Waals surface area contributed by atoms with Crippen LogP contribution in [0.4, 0.5) is 5.69 Å². The molecule has 1 amide bonds. The fourth-order valence-corrected chi connectivity index (χ4v) is 3.88. The summed E-state index contributed by atoms with van der Waals surface area (Å²) in [5.74, 6) is -0.219. The average Bonchev–Trinajstić information content (AvgIpc) is 2.64. The van der Waals surface area contributed by atoms with Gasteiger partial charge in [-0.15, -0.1) is 0 Å². The van der Waals surface area contributed by atoms with Crippen molar-refractivity contribution in [3.05, 3.63) is 60.2 Å². The fourth-order valence-electron chi connectivity index (χ4n) is 2.65. The molecule has 0 aliphatic carbocycles. The Labute approximate surface area is 197 Å². The van der Waals surface area contributed by atoms with Gasteiger partial charge in [-0.3, -0.25) is 9.59 Å². The van der Waals surface area contributed by atoms with Gasteiger partial charge in [0.2, 0.25) is 5.91 Å². The third-order valence-corrected chi connectivity index (χ3v) is 5.96. The van der Waals surface area contributed by atoms with Crippen LogP contribution < -0.4 is 34.9 Å². The molecule has 0 radical (unpaired) electrons. The normalized spacial score (nSPS) is 11.9. The molecule has 2 aromatic rings. The molecule has 9 heteroatoms. The Morgan fingerprint density at radius 1 is 1.07 bits per heavy atom. The number of hydrogen-bond acceptors (Lipinski definition) is 6. The number of aryl methyl sites for hydroxylation is 1. The third kappa shape index (κ3) is 9.46. The molecular weight excluding hydrogens is 421 g/mol. The fraction of sp³-hybridized carbons (Fsp3) is 0.300. The number of nitrogens with one attached hydrogen (secondary N) is 1. The van der Waals surface area contributed by atoms with E-state index in [1.54, 1.807) is 0 Å². The summed E-state index contributed by atoms with van der Waals surface area (Å²) in [5.41, 5.74) is 1.59. The van der Waals surface area contributed by atoms with Crippen molar-refractivity contribution in [1.29, 1.82) is 0 Å². The Bertz CT molecular complexity index is 902. The standard InChI is InChI=1S/C20H23NO5S2.Na/c1-15(22)27-14-17(9-5-8-16-6-3-2-4-7-16)20(23)21-18-10-12-19(13-11-18)28(24,25)26;/h2-4,6-7,10-13,17H,5,8-9,14H2,1H3,(H,21,23)(H,24,25,26);/q;+1/p-1. The topological polar surface area (TPSA) is 103 Å². The molecule has 0 saturated carbocycles. The van der Waals surface area contributed by atoms with Crippen molar-refractivity contribution in [2.45, 2.75) is 31.1 Å². The SMILES string of the molecule is CC(=O)SCC(CCCc1ccccc1)C(=O)Nc1ccc(S(=O)(=O)[O-])cc1.[Na+]. The van der Waals surface area contributed by atoms with Gasteiger partial charge in [-0.05, 0) is 49.1 Å². The van der Waals surface area contributed by atoms with Crippen LogP contribution in [0.2, 0.25) is 0 Å². The van der Waals surface area contributed by atoms with Gasteiger partial charge in [0.05, 0.1) is 4.90 Å². The molecule has 0 bridgehead atoms. The number of carbonyl (C=O) groups is 2. The summed E-state index contributed by atoms with van der Waals surface area (Å²) < 4.78 is 32.9. The third-order valence-electron chi connectivity index (χ3n) is 4.13. The molecule has 6 nitrogen and oxygen atoms in total. The maximum atomic E-state index is 12.6. The van der Waals surface area contributed by atoms with Crippen molar-refractivity contribution in [3.63, 3.8) is 0 Å². The van der Waals surface area contributed by atoms with Crippen LogP contribution in [0.15, 0.2) is 59.5 Å². The van der Waals surface area contributed by atoms with E-state index >= 15 is 0 Å². The monoisotopic (exact) mass is 443 g/mol. The van der Waals surface area contributed by atoms with Crippen LogP contribution >= 0.6 is 11.8 Å². The van der Waals surface area contributed by atoms with E-state index in [0.29, 0.717) is 17.9 Å². The largest absolute Gasteiger partial charge is 1.00 e. The van der Waals surface area contributed by atoms with Gasteiger partial charge in [-0.25, -0.2) is 8.42 Å². The molecule has 0 aliphatic heterocycles. The zero-order chi connectivity index (χ0) is 20.6. The second kappa shape index (κ2) is 12.5. The summed E-state index contributed by atoms with van der Waals surface area (Å²) in [6.45, 7) is 1.46. The molecule has 0 saturated heterocycles. The zero-order valence-electron chi connectivity index (χ0n) is 16.5. The summed E-state index contributed by atoms with van der Waals surface area (Å²) in [6.07, 6.45) is 2.26. The maximum absolute atomic E-state index is 12.6. The molecular formula is C20H22NNaO5S2. The van der Waals surface area contributed by atoms with E-state index in [9.17, 15) is 22.6 Å². The second-order valence-corrected chi connectivity index (χ2v) is 8.92. The summed E-state index contributed by atoms with van der Waals surface area (Å²) in [6, 6.07) is 15.0. The van der Waals surface area contributed by atoms with Crippen molar-refractivity contribution >= 4 is 38.6 Å². The van der Waals surface area contributed by atoms with Crippen molar-refractivity contribution < 1.29 is 52.1 Å². The minimum Gasteiger partial charge on any atom is -0.744 e. The van der Waals surface area contributed by atoms with Gasteiger partial charge in [-0.2, -0.15) is 0 Å². The Morgan fingerprint density at radius 3 is 2.24 bits per heavy atom. The van der Waals surface area contributed by atoms with Crippen LogP contribution in [0.1, 0.15) is 25.3 Å². The molecule has 1 atom stereocenters. The van der Waals surface area contributed by atoms with Gasteiger partial charge < -0.3 is 9.87 Å². The van der Waals surface area contributed by atoms with Crippen LogP contribution in [0, 0.1) is 5.92 Å². The predicted octanol–water partition coefficient (Wildman–Crippen LogP) is 0.452. The van der Waals surface area contributed by atoms with Crippen molar-refractivity contribution in [3.8, 4) is 0 Å². The number of benzene rings is 2. The summed E-state index contributed by atoms with van der Waals surface area (Å²) >= 11 is 1.11. The van der Waals surface area contributed by atoms with Gasteiger partial charge in [0.25, 0.3) is 0 Å². The first-order valence-corrected chi connectivity index (χ1v) is 11.2. The first kappa shape index (κ1) is 25.9.